The van der Waals surface area contributed by atoms with Crippen LogP contribution in [0.25, 0.3) is 0 Å². The number of aromatic nitrogens is 1. The lowest BCUT2D eigenvalue weighted by atomic mass is 9.82. The maximum absolute atomic E-state index is 13.2. The van der Waals surface area contributed by atoms with Crippen LogP contribution in [0.5, 0.6) is 0 Å². The van der Waals surface area contributed by atoms with Gasteiger partial charge in [-0.1, -0.05) is 44.2 Å². The van der Waals surface area contributed by atoms with Gasteiger partial charge < -0.3 is 0 Å². The molecule has 1 heterocycles. The van der Waals surface area contributed by atoms with Crippen LogP contribution in [0.2, 0.25) is 0 Å². The van der Waals surface area contributed by atoms with Crippen molar-refractivity contribution in [2.24, 2.45) is 5.41 Å². The van der Waals surface area contributed by atoms with Crippen LogP contribution in [0.4, 0.5) is 4.39 Å². The molecule has 3 rings (SSSR count). The lowest BCUT2D eigenvalue weighted by molar-refractivity contribution is 0.254. The molecule has 1 aliphatic rings. The molecule has 3 nitrogen and oxygen atoms in total. The topological polar surface area (TPSA) is 34.0 Å². The van der Waals surface area contributed by atoms with Gasteiger partial charge >= 0.3 is 4.87 Å². The number of nitrogens with one attached hydrogen (secondary N) is 1. The summed E-state index contributed by atoms with van der Waals surface area (Å²) in [5, 5.41) is 3.54. The molecule has 1 aromatic heterocycles. The highest BCUT2D eigenvalue weighted by molar-refractivity contribution is 7.09. The van der Waals surface area contributed by atoms with E-state index in [0.29, 0.717) is 6.67 Å². The first kappa shape index (κ1) is 17.4. The molecular weight excluding hydrogens is 323 g/mol. The number of rotatable bonds is 4. The minimum atomic E-state index is -0.227. The number of benzene rings is 1. The molecule has 0 fully saturated rings. The van der Waals surface area contributed by atoms with E-state index in [0.717, 1.165) is 24.8 Å². The summed E-state index contributed by atoms with van der Waals surface area (Å²) in [6.45, 7) is 6.96. The van der Waals surface area contributed by atoms with E-state index in [1.54, 1.807) is 0 Å². The minimum absolute atomic E-state index is 0.0441. The van der Waals surface area contributed by atoms with E-state index >= 15 is 0 Å². The molecule has 24 heavy (non-hydrogen) atoms. The fourth-order valence-corrected chi connectivity index (χ4v) is 4.52. The van der Waals surface area contributed by atoms with Gasteiger partial charge in [0.05, 0.1) is 6.67 Å². The summed E-state index contributed by atoms with van der Waals surface area (Å²) in [5.41, 5.74) is 2.20. The summed E-state index contributed by atoms with van der Waals surface area (Å²) in [7, 11) is 0. The Bertz CT molecular complexity index is 755. The summed E-state index contributed by atoms with van der Waals surface area (Å²) in [6, 6.07) is 6.68. The van der Waals surface area contributed by atoms with E-state index in [9.17, 15) is 9.18 Å². The average Bonchev–Trinajstić information content (AvgIpc) is 2.84. The largest absolute Gasteiger partial charge is 0.308 e. The van der Waals surface area contributed by atoms with E-state index in [2.05, 4.69) is 26.1 Å². The predicted octanol–water partition coefficient (Wildman–Crippen LogP) is 4.26. The highest BCUT2D eigenvalue weighted by Gasteiger charge is 2.27. The SMILES string of the molecule is CC(C)(C)C(NCn1c2c(sc1=O)CCCC2)c1ccc(F)cc1. The van der Waals surface area contributed by atoms with Crippen LogP contribution in [0.1, 0.15) is 55.8 Å². The normalized spacial score (nSPS) is 16.0. The first-order chi connectivity index (χ1) is 11.4. The molecule has 0 spiro atoms. The second-order valence-electron chi connectivity index (χ2n) is 7.59. The number of thiazole rings is 1. The fourth-order valence-electron chi connectivity index (χ4n) is 3.45. The van der Waals surface area contributed by atoms with Gasteiger partial charge in [0.25, 0.3) is 0 Å². The van der Waals surface area contributed by atoms with Crippen LogP contribution in [-0.2, 0) is 19.5 Å². The van der Waals surface area contributed by atoms with Crippen molar-refractivity contribution < 1.29 is 4.39 Å². The van der Waals surface area contributed by atoms with E-state index < -0.39 is 0 Å². The quantitative estimate of drug-likeness (QED) is 0.896. The van der Waals surface area contributed by atoms with Gasteiger partial charge in [0, 0.05) is 16.6 Å². The second kappa shape index (κ2) is 6.81. The zero-order valence-corrected chi connectivity index (χ0v) is 15.4. The van der Waals surface area contributed by atoms with Gasteiger partial charge in [-0.25, -0.2) is 4.39 Å². The summed E-state index contributed by atoms with van der Waals surface area (Å²) in [6.07, 6.45) is 4.36. The van der Waals surface area contributed by atoms with Gasteiger partial charge in [-0.2, -0.15) is 0 Å². The molecule has 1 aromatic carbocycles. The zero-order valence-electron chi connectivity index (χ0n) is 14.6. The summed E-state index contributed by atoms with van der Waals surface area (Å²) in [4.78, 5) is 13.7. The third-order valence-electron chi connectivity index (χ3n) is 4.67. The Morgan fingerprint density at radius 3 is 2.54 bits per heavy atom. The number of aryl methyl sites for hydroxylation is 1. The van der Waals surface area contributed by atoms with Gasteiger partial charge in [0.15, 0.2) is 0 Å². The van der Waals surface area contributed by atoms with Crippen LogP contribution in [-0.4, -0.2) is 4.57 Å². The lowest BCUT2D eigenvalue weighted by Gasteiger charge is -2.32. The molecule has 2 aromatic rings. The zero-order chi connectivity index (χ0) is 17.3. The molecule has 1 unspecified atom stereocenters. The van der Waals surface area contributed by atoms with Gasteiger partial charge in [-0.15, -0.1) is 0 Å². The Labute approximate surface area is 146 Å². The van der Waals surface area contributed by atoms with Gasteiger partial charge in [-0.05, 0) is 48.8 Å². The Hall–Kier alpha value is -1.46. The third-order valence-corrected chi connectivity index (χ3v) is 5.75. The standard InChI is InChI=1S/C19H25FN2OS/c1-19(2,3)17(13-8-10-14(20)11-9-13)21-12-22-15-6-4-5-7-16(15)24-18(22)23/h8-11,17,21H,4-7,12H2,1-3H3. The molecule has 5 heteroatoms. The Morgan fingerprint density at radius 1 is 1.21 bits per heavy atom. The van der Waals surface area contributed by atoms with Gasteiger partial charge in [-0.3, -0.25) is 14.7 Å². The van der Waals surface area contributed by atoms with Crippen LogP contribution >= 0.6 is 11.3 Å². The Balaban J connectivity index is 1.83. The molecule has 0 bridgehead atoms. The molecule has 0 radical (unpaired) electrons. The van der Waals surface area contributed by atoms with Gasteiger partial charge in [0.2, 0.25) is 0 Å². The smallest absolute Gasteiger partial charge is 0.292 e. The number of hydrogen-bond donors (Lipinski definition) is 1. The van der Waals surface area contributed by atoms with E-state index in [1.165, 1.54) is 40.5 Å². The molecule has 0 aliphatic heterocycles. The van der Waals surface area contributed by atoms with Crippen LogP contribution in [0.3, 0.4) is 0 Å². The van der Waals surface area contributed by atoms with Crippen molar-refractivity contribution in [1.29, 1.82) is 0 Å². The van der Waals surface area contributed by atoms with Crippen molar-refractivity contribution in [2.75, 3.05) is 0 Å². The average molecular weight is 348 g/mol. The first-order valence-corrected chi connectivity index (χ1v) is 9.38. The monoisotopic (exact) mass is 348 g/mol. The maximum Gasteiger partial charge on any atom is 0.308 e. The summed E-state index contributed by atoms with van der Waals surface area (Å²) >= 11 is 1.39. The van der Waals surface area contributed by atoms with E-state index in [-0.39, 0.29) is 22.1 Å². The summed E-state index contributed by atoms with van der Waals surface area (Å²) in [5.74, 6) is -0.227. The van der Waals surface area contributed by atoms with Crippen LogP contribution in [0.15, 0.2) is 29.1 Å². The van der Waals surface area contributed by atoms with Gasteiger partial charge in [0.1, 0.15) is 5.82 Å². The van der Waals surface area contributed by atoms with Crippen molar-refractivity contribution in [3.63, 3.8) is 0 Å². The van der Waals surface area contributed by atoms with Crippen molar-refractivity contribution in [2.45, 2.75) is 59.2 Å². The van der Waals surface area contributed by atoms with Crippen molar-refractivity contribution in [1.82, 2.24) is 9.88 Å². The fraction of sp³-hybridized carbons (Fsp3) is 0.526. The number of fused-ring (bicyclic) bond motifs is 1. The van der Waals surface area contributed by atoms with Crippen molar-refractivity contribution >= 4 is 11.3 Å². The Kier molecular flexibility index (Phi) is 4.92. The molecule has 0 saturated heterocycles. The molecule has 1 atom stereocenters. The molecular formula is C19H25FN2OS. The predicted molar refractivity (Wildman–Crippen MR) is 97.0 cm³/mol. The molecule has 0 amide bonds. The Morgan fingerprint density at radius 2 is 1.88 bits per heavy atom. The van der Waals surface area contributed by atoms with E-state index in [4.69, 9.17) is 0 Å². The molecule has 1 aliphatic carbocycles. The third kappa shape index (κ3) is 3.62. The molecule has 130 valence electrons. The van der Waals surface area contributed by atoms with E-state index in [1.807, 2.05) is 16.7 Å². The number of hydrogen-bond acceptors (Lipinski definition) is 3. The second-order valence-corrected chi connectivity index (χ2v) is 8.63. The molecule has 1 N–H and O–H groups in total. The highest BCUT2D eigenvalue weighted by Crippen LogP contribution is 2.33. The van der Waals surface area contributed by atoms with Crippen LogP contribution in [0, 0.1) is 11.2 Å². The number of halogens is 1. The van der Waals surface area contributed by atoms with Crippen molar-refractivity contribution in [3.05, 3.63) is 55.9 Å². The maximum atomic E-state index is 13.2. The lowest BCUT2D eigenvalue weighted by Crippen LogP contribution is -2.36. The van der Waals surface area contributed by atoms with Crippen molar-refractivity contribution in [3.8, 4) is 0 Å². The summed E-state index contributed by atoms with van der Waals surface area (Å²) < 4.78 is 15.1. The molecule has 0 saturated carbocycles. The first-order valence-electron chi connectivity index (χ1n) is 8.56. The van der Waals surface area contributed by atoms with Crippen LogP contribution < -0.4 is 10.2 Å². The highest BCUT2D eigenvalue weighted by atomic mass is 32.1. The number of nitrogens with zero attached hydrogens (tertiary/aromatic N) is 1. The minimum Gasteiger partial charge on any atom is -0.292 e.